The Kier molecular flexibility index (Phi) is 9.81. The summed E-state index contributed by atoms with van der Waals surface area (Å²) in [4.78, 5) is 12.3. The average molecular weight is 178 g/mol. The van der Waals surface area contributed by atoms with Crippen LogP contribution in [-0.4, -0.2) is 21.4 Å². The molecule has 0 bridgehead atoms. The van der Waals surface area contributed by atoms with E-state index in [2.05, 4.69) is 4.98 Å². The van der Waals surface area contributed by atoms with E-state index in [1.54, 1.807) is 12.4 Å². The van der Waals surface area contributed by atoms with Crippen LogP contribution in [0.2, 0.25) is 0 Å². The monoisotopic (exact) mass is 177 g/mol. The second-order valence-electron chi connectivity index (χ2n) is 1.31. The molecule has 4 nitrogen and oxygen atoms in total. The van der Waals surface area contributed by atoms with Crippen molar-refractivity contribution >= 4 is 18.6 Å². The van der Waals surface area contributed by atoms with E-state index in [4.69, 9.17) is 15.0 Å². The summed E-state index contributed by atoms with van der Waals surface area (Å²) in [6, 6.07) is 5.72. The molecule has 0 aromatic carbocycles. The van der Waals surface area contributed by atoms with Crippen molar-refractivity contribution in [3.8, 4) is 0 Å². The molecular weight excluding hydrogens is 170 g/mol. The maximum Gasteiger partial charge on any atom is 0.503 e. The van der Waals surface area contributed by atoms with E-state index >= 15 is 0 Å². The van der Waals surface area contributed by atoms with Gasteiger partial charge >= 0.3 is 6.16 Å². The third kappa shape index (κ3) is 17.7. The minimum Gasteiger partial charge on any atom is -0.450 e. The van der Waals surface area contributed by atoms with Crippen molar-refractivity contribution in [3.05, 3.63) is 30.6 Å². The number of pyridine rings is 1. The van der Waals surface area contributed by atoms with Gasteiger partial charge in [-0.15, -0.1) is 12.4 Å². The number of hydrogen-bond acceptors (Lipinski definition) is 2. The van der Waals surface area contributed by atoms with Gasteiger partial charge in [-0.2, -0.15) is 0 Å². The first-order valence-corrected chi connectivity index (χ1v) is 2.50. The summed E-state index contributed by atoms with van der Waals surface area (Å²) in [6.45, 7) is 0. The molecule has 0 saturated carbocycles. The predicted molar refractivity (Wildman–Crippen MR) is 42.1 cm³/mol. The fourth-order valence-corrected chi connectivity index (χ4v) is 0.313. The minimum atomic E-state index is -1.83. The fraction of sp³-hybridized carbons (Fsp3) is 0. The lowest BCUT2D eigenvalue weighted by Crippen LogP contribution is -1.81. The molecule has 1 aromatic heterocycles. The van der Waals surface area contributed by atoms with E-state index in [-0.39, 0.29) is 12.4 Å². The minimum absolute atomic E-state index is 0. The van der Waals surface area contributed by atoms with Crippen LogP contribution < -0.4 is 0 Å². The number of hydrogen-bond donors (Lipinski definition) is 2. The summed E-state index contributed by atoms with van der Waals surface area (Å²) in [5.74, 6) is 0. The highest BCUT2D eigenvalue weighted by Crippen LogP contribution is 1.73. The molecule has 0 atom stereocenters. The molecule has 1 aromatic rings. The number of carbonyl (C=O) groups is 1. The Labute approximate surface area is 69.9 Å². The molecule has 0 unspecified atom stereocenters. The highest BCUT2D eigenvalue weighted by molar-refractivity contribution is 5.85. The van der Waals surface area contributed by atoms with E-state index in [1.165, 1.54) is 0 Å². The predicted octanol–water partition coefficient (Wildman–Crippen LogP) is 1.73. The van der Waals surface area contributed by atoms with Gasteiger partial charge in [0.25, 0.3) is 0 Å². The molecule has 5 heteroatoms. The summed E-state index contributed by atoms with van der Waals surface area (Å²) in [5, 5.41) is 13.9. The van der Waals surface area contributed by atoms with Gasteiger partial charge in [0.1, 0.15) is 0 Å². The maximum absolute atomic E-state index is 8.56. The van der Waals surface area contributed by atoms with Crippen molar-refractivity contribution < 1.29 is 15.0 Å². The molecule has 2 N–H and O–H groups in total. The third-order valence-corrected chi connectivity index (χ3v) is 0.566. The van der Waals surface area contributed by atoms with Gasteiger partial charge in [-0.1, -0.05) is 6.07 Å². The van der Waals surface area contributed by atoms with Crippen LogP contribution in [0.15, 0.2) is 30.6 Å². The van der Waals surface area contributed by atoms with Crippen LogP contribution in [0.4, 0.5) is 4.79 Å². The molecule has 0 amide bonds. The van der Waals surface area contributed by atoms with Crippen LogP contribution >= 0.6 is 12.4 Å². The molecule has 1 heterocycles. The van der Waals surface area contributed by atoms with Crippen molar-refractivity contribution in [1.29, 1.82) is 0 Å². The van der Waals surface area contributed by atoms with Gasteiger partial charge in [-0.05, 0) is 12.1 Å². The van der Waals surface area contributed by atoms with Gasteiger partial charge in [0, 0.05) is 12.4 Å². The Morgan fingerprint density at radius 3 is 1.55 bits per heavy atom. The Morgan fingerprint density at radius 2 is 1.45 bits per heavy atom. The lowest BCUT2D eigenvalue weighted by atomic mass is 10.5. The van der Waals surface area contributed by atoms with Crippen LogP contribution in [0.5, 0.6) is 0 Å². The van der Waals surface area contributed by atoms with E-state index in [1.807, 2.05) is 18.2 Å². The molecule has 11 heavy (non-hydrogen) atoms. The van der Waals surface area contributed by atoms with Gasteiger partial charge in [-0.3, -0.25) is 4.98 Å². The first-order valence-electron chi connectivity index (χ1n) is 2.50. The molecule has 0 aliphatic carbocycles. The molecule has 0 aliphatic heterocycles. The normalized spacial score (nSPS) is 6.55. The fourth-order valence-electron chi connectivity index (χ4n) is 0.313. The van der Waals surface area contributed by atoms with E-state index in [0.717, 1.165) is 0 Å². The lowest BCUT2D eigenvalue weighted by molar-refractivity contribution is 0.137. The van der Waals surface area contributed by atoms with E-state index < -0.39 is 6.16 Å². The van der Waals surface area contributed by atoms with Crippen LogP contribution in [0.1, 0.15) is 0 Å². The molecule has 0 aliphatic rings. The summed E-state index contributed by atoms with van der Waals surface area (Å²) >= 11 is 0. The molecule has 62 valence electrons. The number of rotatable bonds is 0. The van der Waals surface area contributed by atoms with Crippen LogP contribution in [0, 0.1) is 0 Å². The quantitative estimate of drug-likeness (QED) is 0.633. The Bertz CT molecular complexity index is 150. The van der Waals surface area contributed by atoms with Gasteiger partial charge < -0.3 is 10.2 Å². The van der Waals surface area contributed by atoms with Gasteiger partial charge in [0.05, 0.1) is 0 Å². The van der Waals surface area contributed by atoms with Crippen molar-refractivity contribution in [1.82, 2.24) is 4.98 Å². The van der Waals surface area contributed by atoms with Crippen molar-refractivity contribution in [2.24, 2.45) is 0 Å². The average Bonchev–Trinajstić information content (AvgIpc) is 1.90. The Hall–Kier alpha value is -1.29. The van der Waals surface area contributed by atoms with Crippen molar-refractivity contribution in [2.45, 2.75) is 0 Å². The van der Waals surface area contributed by atoms with Gasteiger partial charge in [0.15, 0.2) is 0 Å². The summed E-state index contributed by atoms with van der Waals surface area (Å²) in [6.07, 6.45) is 1.67. The third-order valence-electron chi connectivity index (χ3n) is 0.566. The zero-order valence-electron chi connectivity index (χ0n) is 5.54. The molecule has 0 spiro atoms. The zero-order chi connectivity index (χ0) is 7.82. The lowest BCUT2D eigenvalue weighted by Gasteiger charge is -1.70. The number of nitrogens with zero attached hydrogens (tertiary/aromatic N) is 1. The smallest absolute Gasteiger partial charge is 0.450 e. The van der Waals surface area contributed by atoms with Crippen molar-refractivity contribution in [3.63, 3.8) is 0 Å². The highest BCUT2D eigenvalue weighted by atomic mass is 35.5. The largest absolute Gasteiger partial charge is 0.503 e. The zero-order valence-corrected chi connectivity index (χ0v) is 6.36. The molecule has 1 rings (SSSR count). The number of aromatic nitrogens is 1. The summed E-state index contributed by atoms with van der Waals surface area (Å²) in [5.41, 5.74) is 0. The molecule has 0 radical (unpaired) electrons. The van der Waals surface area contributed by atoms with E-state index in [0.29, 0.717) is 0 Å². The van der Waals surface area contributed by atoms with Crippen LogP contribution in [0.3, 0.4) is 0 Å². The van der Waals surface area contributed by atoms with Gasteiger partial charge in [0.2, 0.25) is 0 Å². The second-order valence-corrected chi connectivity index (χ2v) is 1.31. The summed E-state index contributed by atoms with van der Waals surface area (Å²) in [7, 11) is 0. The highest BCUT2D eigenvalue weighted by Gasteiger charge is 1.70. The standard InChI is InChI=1S/C5H5N.CH2O3.ClH/c1-2-4-6-5-3-1;2-1(3)4;/h1-5H;(H2,2,3,4);1H. The SMILES string of the molecule is Cl.O=C(O)O.c1ccncc1. The molecular formula is C6H8ClNO3. The number of carboxylic acid groups (broad SMARTS) is 2. The first kappa shape index (κ1) is 12.4. The van der Waals surface area contributed by atoms with Crippen LogP contribution in [-0.2, 0) is 0 Å². The summed E-state index contributed by atoms with van der Waals surface area (Å²) < 4.78 is 0. The van der Waals surface area contributed by atoms with Crippen molar-refractivity contribution in [2.75, 3.05) is 0 Å². The number of halogens is 1. The molecule has 0 saturated heterocycles. The molecule has 0 fully saturated rings. The van der Waals surface area contributed by atoms with Crippen LogP contribution in [0.25, 0.3) is 0 Å². The second kappa shape index (κ2) is 8.71. The maximum atomic E-state index is 8.56. The Morgan fingerprint density at radius 1 is 1.09 bits per heavy atom. The van der Waals surface area contributed by atoms with Gasteiger partial charge in [-0.25, -0.2) is 4.79 Å². The topological polar surface area (TPSA) is 70.4 Å². The van der Waals surface area contributed by atoms with E-state index in [9.17, 15) is 0 Å². The first-order chi connectivity index (χ1) is 4.73. The Balaban J connectivity index is 0.